The third-order valence-corrected chi connectivity index (χ3v) is 3.80. The number of anilines is 1. The number of nitrogens with two attached hydrogens (primary N) is 1. The number of nitrogen functional groups attached to an aromatic ring is 1. The third kappa shape index (κ3) is 3.54. The maximum Gasteiger partial charge on any atom is 0.138 e. The van der Waals surface area contributed by atoms with Crippen molar-refractivity contribution in [3.8, 4) is 0 Å². The molecule has 1 atom stereocenters. The molecule has 0 saturated heterocycles. The second-order valence-corrected chi connectivity index (χ2v) is 5.48. The van der Waals surface area contributed by atoms with Gasteiger partial charge in [-0.2, -0.15) is 0 Å². The molecule has 0 bridgehead atoms. The Labute approximate surface area is 126 Å². The van der Waals surface area contributed by atoms with Gasteiger partial charge in [0, 0.05) is 18.8 Å². The Morgan fingerprint density at radius 3 is 2.71 bits per heavy atom. The fourth-order valence-corrected chi connectivity index (χ4v) is 2.71. The second-order valence-electron chi connectivity index (χ2n) is 5.48. The van der Waals surface area contributed by atoms with E-state index in [0.29, 0.717) is 11.5 Å². The van der Waals surface area contributed by atoms with Crippen LogP contribution in [0.4, 0.5) is 5.69 Å². The molecular formula is C16H26N4O. The number of aromatic nitrogens is 2. The molecule has 21 heavy (non-hydrogen) atoms. The highest BCUT2D eigenvalue weighted by molar-refractivity contribution is 5.79. The smallest absolute Gasteiger partial charge is 0.138 e. The lowest BCUT2D eigenvalue weighted by Gasteiger charge is -2.21. The molecule has 0 aliphatic rings. The third-order valence-electron chi connectivity index (χ3n) is 3.80. The summed E-state index contributed by atoms with van der Waals surface area (Å²) in [5.41, 5.74) is 8.41. The van der Waals surface area contributed by atoms with Crippen molar-refractivity contribution in [2.75, 3.05) is 25.4 Å². The van der Waals surface area contributed by atoms with E-state index in [0.717, 1.165) is 43.6 Å². The number of aliphatic hydroxyl groups excluding tert-OH is 1. The van der Waals surface area contributed by atoms with E-state index < -0.39 is 6.10 Å². The summed E-state index contributed by atoms with van der Waals surface area (Å²) < 4.78 is 2.11. The fourth-order valence-electron chi connectivity index (χ4n) is 2.71. The molecule has 116 valence electrons. The monoisotopic (exact) mass is 290 g/mol. The Morgan fingerprint density at radius 1 is 1.33 bits per heavy atom. The van der Waals surface area contributed by atoms with Gasteiger partial charge in [-0.3, -0.25) is 0 Å². The highest BCUT2D eigenvalue weighted by atomic mass is 16.3. The zero-order valence-electron chi connectivity index (χ0n) is 13.2. The van der Waals surface area contributed by atoms with E-state index in [9.17, 15) is 5.11 Å². The summed E-state index contributed by atoms with van der Waals surface area (Å²) in [6.07, 6.45) is 0.568. The molecule has 1 unspecified atom stereocenters. The number of fused-ring (bicyclic) bond motifs is 1. The van der Waals surface area contributed by atoms with Crippen molar-refractivity contribution < 1.29 is 5.11 Å². The van der Waals surface area contributed by atoms with Crippen LogP contribution < -0.4 is 5.73 Å². The van der Waals surface area contributed by atoms with Gasteiger partial charge in [0.25, 0.3) is 0 Å². The number of imidazole rings is 1. The Hall–Kier alpha value is -1.59. The standard InChI is InChI=1S/C16H26N4O/c1-4-8-19(5-2)9-10-20-15-7-6-13(17)11-14(15)18-16(20)12(3)21/h6-7,11-12,21H,4-5,8-10,17H2,1-3H3. The van der Waals surface area contributed by atoms with Gasteiger partial charge in [0.05, 0.1) is 11.0 Å². The molecule has 0 spiro atoms. The maximum absolute atomic E-state index is 9.97. The summed E-state index contributed by atoms with van der Waals surface area (Å²) in [6, 6.07) is 5.73. The molecular weight excluding hydrogens is 264 g/mol. The van der Waals surface area contributed by atoms with Crippen LogP contribution in [-0.4, -0.2) is 39.2 Å². The summed E-state index contributed by atoms with van der Waals surface area (Å²) in [6.45, 7) is 10.0. The van der Waals surface area contributed by atoms with Crippen molar-refractivity contribution in [3.63, 3.8) is 0 Å². The van der Waals surface area contributed by atoms with Crippen LogP contribution in [0.15, 0.2) is 18.2 Å². The molecule has 1 heterocycles. The van der Waals surface area contributed by atoms with Gasteiger partial charge in [0.15, 0.2) is 0 Å². The molecule has 0 radical (unpaired) electrons. The largest absolute Gasteiger partial charge is 0.399 e. The molecule has 5 heteroatoms. The molecule has 1 aromatic heterocycles. The minimum atomic E-state index is -0.583. The summed E-state index contributed by atoms with van der Waals surface area (Å²) in [4.78, 5) is 6.95. The Morgan fingerprint density at radius 2 is 2.10 bits per heavy atom. The first-order chi connectivity index (χ1) is 10.1. The van der Waals surface area contributed by atoms with Crippen molar-refractivity contribution in [1.29, 1.82) is 0 Å². The minimum absolute atomic E-state index is 0.583. The van der Waals surface area contributed by atoms with Gasteiger partial charge in [-0.25, -0.2) is 4.98 Å². The van der Waals surface area contributed by atoms with Gasteiger partial charge in [0.2, 0.25) is 0 Å². The first kappa shape index (κ1) is 15.8. The van der Waals surface area contributed by atoms with Crippen LogP contribution >= 0.6 is 0 Å². The highest BCUT2D eigenvalue weighted by Gasteiger charge is 2.15. The fraction of sp³-hybridized carbons (Fsp3) is 0.562. The number of hydrogen-bond acceptors (Lipinski definition) is 4. The van der Waals surface area contributed by atoms with Gasteiger partial charge < -0.3 is 20.3 Å². The summed E-state index contributed by atoms with van der Waals surface area (Å²) >= 11 is 0. The van der Waals surface area contributed by atoms with Gasteiger partial charge in [-0.15, -0.1) is 0 Å². The normalized spacial score (nSPS) is 13.2. The summed E-state index contributed by atoms with van der Waals surface area (Å²) in [5.74, 6) is 0.711. The second kappa shape index (κ2) is 6.91. The molecule has 0 amide bonds. The van der Waals surface area contributed by atoms with E-state index in [1.54, 1.807) is 6.92 Å². The average molecular weight is 290 g/mol. The zero-order valence-corrected chi connectivity index (χ0v) is 13.2. The summed E-state index contributed by atoms with van der Waals surface area (Å²) in [5, 5.41) is 9.97. The van der Waals surface area contributed by atoms with E-state index in [1.165, 1.54) is 0 Å². The van der Waals surface area contributed by atoms with Crippen molar-refractivity contribution in [2.45, 2.75) is 39.8 Å². The lowest BCUT2D eigenvalue weighted by atomic mass is 10.3. The molecule has 2 aromatic rings. The van der Waals surface area contributed by atoms with Crippen molar-refractivity contribution in [2.24, 2.45) is 0 Å². The van der Waals surface area contributed by atoms with Crippen molar-refractivity contribution in [3.05, 3.63) is 24.0 Å². The predicted octanol–water partition coefficient (Wildman–Crippen LogP) is 2.40. The quantitative estimate of drug-likeness (QED) is 0.768. The number of likely N-dealkylation sites (N-methyl/N-ethyl adjacent to an activating group) is 1. The van der Waals surface area contributed by atoms with Gasteiger partial charge >= 0.3 is 0 Å². The van der Waals surface area contributed by atoms with E-state index in [-0.39, 0.29) is 0 Å². The molecule has 0 aliphatic heterocycles. The number of rotatable bonds is 7. The molecule has 3 N–H and O–H groups in total. The SMILES string of the molecule is CCCN(CC)CCn1c(C(C)O)nc2cc(N)ccc21. The molecule has 0 fully saturated rings. The lowest BCUT2D eigenvalue weighted by Crippen LogP contribution is -2.28. The van der Waals surface area contributed by atoms with Crippen LogP contribution in [0.2, 0.25) is 0 Å². The number of benzene rings is 1. The minimum Gasteiger partial charge on any atom is -0.399 e. The Balaban J connectivity index is 2.30. The number of hydrogen-bond donors (Lipinski definition) is 2. The van der Waals surface area contributed by atoms with Crippen LogP contribution in [0.5, 0.6) is 0 Å². The van der Waals surface area contributed by atoms with Crippen LogP contribution in [0.3, 0.4) is 0 Å². The molecule has 0 aliphatic carbocycles. The van der Waals surface area contributed by atoms with Gasteiger partial charge in [-0.1, -0.05) is 13.8 Å². The number of aliphatic hydroxyl groups is 1. The van der Waals surface area contributed by atoms with E-state index in [2.05, 4.69) is 28.3 Å². The van der Waals surface area contributed by atoms with Crippen LogP contribution in [0, 0.1) is 0 Å². The molecule has 0 saturated carbocycles. The van der Waals surface area contributed by atoms with Crippen LogP contribution in [-0.2, 0) is 6.54 Å². The summed E-state index contributed by atoms with van der Waals surface area (Å²) in [7, 11) is 0. The molecule has 5 nitrogen and oxygen atoms in total. The lowest BCUT2D eigenvalue weighted by molar-refractivity contribution is 0.182. The van der Waals surface area contributed by atoms with Crippen LogP contribution in [0.1, 0.15) is 39.1 Å². The van der Waals surface area contributed by atoms with E-state index >= 15 is 0 Å². The molecule has 2 rings (SSSR count). The number of nitrogens with zero attached hydrogens (tertiary/aromatic N) is 3. The predicted molar refractivity (Wildman–Crippen MR) is 87.2 cm³/mol. The van der Waals surface area contributed by atoms with Crippen molar-refractivity contribution >= 4 is 16.7 Å². The Kier molecular flexibility index (Phi) is 5.20. The average Bonchev–Trinajstić information content (AvgIpc) is 2.81. The van der Waals surface area contributed by atoms with Crippen LogP contribution in [0.25, 0.3) is 11.0 Å². The first-order valence-electron chi connectivity index (χ1n) is 7.72. The van der Waals surface area contributed by atoms with E-state index in [1.807, 2.05) is 18.2 Å². The van der Waals surface area contributed by atoms with Gasteiger partial charge in [0.1, 0.15) is 11.9 Å². The highest BCUT2D eigenvalue weighted by Crippen LogP contribution is 2.22. The van der Waals surface area contributed by atoms with Crippen molar-refractivity contribution in [1.82, 2.24) is 14.5 Å². The topological polar surface area (TPSA) is 67.3 Å². The first-order valence-corrected chi connectivity index (χ1v) is 7.72. The Bertz CT molecular complexity index is 591. The maximum atomic E-state index is 9.97. The molecule has 1 aromatic carbocycles. The van der Waals surface area contributed by atoms with E-state index in [4.69, 9.17) is 5.73 Å². The van der Waals surface area contributed by atoms with Gasteiger partial charge in [-0.05, 0) is 44.6 Å². The zero-order chi connectivity index (χ0) is 15.4.